The maximum atomic E-state index is 14.5. The van der Waals surface area contributed by atoms with Gasteiger partial charge in [0.15, 0.2) is 11.5 Å². The number of piperidine rings is 1. The van der Waals surface area contributed by atoms with Gasteiger partial charge in [0.25, 0.3) is 5.91 Å². The second kappa shape index (κ2) is 7.67. The Balaban J connectivity index is 1.51. The first-order chi connectivity index (χ1) is 15.9. The molecule has 7 heteroatoms. The third-order valence-corrected chi connectivity index (χ3v) is 6.60. The first kappa shape index (κ1) is 22.6. The number of benzene rings is 1. The Kier molecular flexibility index (Phi) is 5.09. The van der Waals surface area contributed by atoms with E-state index in [0.717, 1.165) is 24.0 Å². The van der Waals surface area contributed by atoms with Crippen LogP contribution in [0.4, 0.5) is 10.1 Å². The lowest BCUT2D eigenvalue weighted by Crippen LogP contribution is -2.57. The van der Waals surface area contributed by atoms with Gasteiger partial charge in [0.1, 0.15) is 11.3 Å². The first-order valence-corrected chi connectivity index (χ1v) is 11.7. The average molecular weight is 463 g/mol. The van der Waals surface area contributed by atoms with Crippen molar-refractivity contribution in [2.75, 3.05) is 5.32 Å². The second-order valence-corrected chi connectivity index (χ2v) is 10.9. The fourth-order valence-electron chi connectivity index (χ4n) is 5.79. The molecule has 5 rings (SSSR count). The van der Waals surface area contributed by atoms with Crippen LogP contribution >= 0.6 is 0 Å². The van der Waals surface area contributed by atoms with Crippen LogP contribution in [0.3, 0.4) is 0 Å². The molecule has 3 aromatic heterocycles. The van der Waals surface area contributed by atoms with Crippen LogP contribution in [-0.4, -0.2) is 26.4 Å². The van der Waals surface area contributed by atoms with E-state index in [0.29, 0.717) is 28.4 Å². The number of halogens is 1. The number of pyridine rings is 1. The molecule has 0 bridgehead atoms. The van der Waals surface area contributed by atoms with E-state index in [-0.39, 0.29) is 22.6 Å². The summed E-state index contributed by atoms with van der Waals surface area (Å²) in [5.74, 6) is 0.262. The van der Waals surface area contributed by atoms with Crippen LogP contribution in [0, 0.1) is 19.7 Å². The minimum atomic E-state index is -0.489. The molecule has 2 N–H and O–H groups in total. The van der Waals surface area contributed by atoms with Gasteiger partial charge in [-0.25, -0.2) is 9.37 Å². The topological polar surface area (TPSA) is 71.6 Å². The molecule has 1 amide bonds. The highest BCUT2D eigenvalue weighted by atomic mass is 19.1. The van der Waals surface area contributed by atoms with Crippen molar-refractivity contribution >= 4 is 28.2 Å². The molecule has 1 saturated heterocycles. The number of aromatic nitrogens is 2. The molecule has 1 aliphatic rings. The van der Waals surface area contributed by atoms with E-state index in [4.69, 9.17) is 4.42 Å². The van der Waals surface area contributed by atoms with Gasteiger partial charge in [0.2, 0.25) is 0 Å². The van der Waals surface area contributed by atoms with Crippen LogP contribution in [0.25, 0.3) is 16.6 Å². The lowest BCUT2D eigenvalue weighted by molar-refractivity contribution is 0.102. The van der Waals surface area contributed by atoms with E-state index < -0.39 is 5.82 Å². The van der Waals surface area contributed by atoms with E-state index in [9.17, 15) is 9.18 Å². The summed E-state index contributed by atoms with van der Waals surface area (Å²) in [7, 11) is 0. The molecule has 0 atom stereocenters. The fourth-order valence-corrected chi connectivity index (χ4v) is 5.79. The van der Waals surface area contributed by atoms with Crippen LogP contribution < -0.4 is 10.6 Å². The average Bonchev–Trinajstić information content (AvgIpc) is 3.26. The number of carbonyl (C=O) groups excluding carboxylic acids is 1. The van der Waals surface area contributed by atoms with Crippen LogP contribution in [0.2, 0.25) is 0 Å². The van der Waals surface area contributed by atoms with Gasteiger partial charge < -0.3 is 19.5 Å². The van der Waals surface area contributed by atoms with Gasteiger partial charge in [0, 0.05) is 34.9 Å². The predicted molar refractivity (Wildman–Crippen MR) is 132 cm³/mol. The highest BCUT2D eigenvalue weighted by Crippen LogP contribution is 2.42. The van der Waals surface area contributed by atoms with Crippen molar-refractivity contribution in [1.82, 2.24) is 14.7 Å². The minimum absolute atomic E-state index is 0.00195. The SMILES string of the molecule is Cc1cn2cc(NC(=O)c3ccc(C4CC(C)(C)NC(C)(C)C4)c4cc(C)oc34)cc(F)c2n1. The van der Waals surface area contributed by atoms with E-state index >= 15 is 0 Å². The normalized spacial score (nSPS) is 18.0. The number of aryl methyl sites for hydroxylation is 2. The number of amides is 1. The zero-order valence-corrected chi connectivity index (χ0v) is 20.5. The summed E-state index contributed by atoms with van der Waals surface area (Å²) in [5, 5.41) is 7.53. The number of anilines is 1. The smallest absolute Gasteiger partial charge is 0.259 e. The number of furan rings is 1. The third-order valence-electron chi connectivity index (χ3n) is 6.60. The number of imidazole rings is 1. The second-order valence-electron chi connectivity index (χ2n) is 10.9. The van der Waals surface area contributed by atoms with Gasteiger partial charge in [-0.3, -0.25) is 4.79 Å². The molecular formula is C27H31FN4O2. The van der Waals surface area contributed by atoms with Gasteiger partial charge in [-0.15, -0.1) is 0 Å². The van der Waals surface area contributed by atoms with Crippen molar-refractivity contribution in [3.8, 4) is 0 Å². The quantitative estimate of drug-likeness (QED) is 0.385. The Morgan fingerprint density at radius 3 is 2.56 bits per heavy atom. The summed E-state index contributed by atoms with van der Waals surface area (Å²) < 4.78 is 22.1. The van der Waals surface area contributed by atoms with Crippen molar-refractivity contribution in [2.45, 2.75) is 71.4 Å². The molecule has 1 aromatic carbocycles. The van der Waals surface area contributed by atoms with Crippen LogP contribution in [0.5, 0.6) is 0 Å². The Labute approximate surface area is 198 Å². The number of nitrogens with one attached hydrogen (secondary N) is 2. The first-order valence-electron chi connectivity index (χ1n) is 11.7. The zero-order valence-electron chi connectivity index (χ0n) is 20.5. The third kappa shape index (κ3) is 4.09. The summed E-state index contributed by atoms with van der Waals surface area (Å²) in [6.07, 6.45) is 5.36. The summed E-state index contributed by atoms with van der Waals surface area (Å²) in [6, 6.07) is 7.19. The van der Waals surface area contributed by atoms with Gasteiger partial charge in [-0.05, 0) is 78.0 Å². The molecule has 0 radical (unpaired) electrons. The van der Waals surface area contributed by atoms with Crippen LogP contribution in [0.15, 0.2) is 41.1 Å². The molecule has 0 spiro atoms. The Morgan fingerprint density at radius 1 is 1.15 bits per heavy atom. The van der Waals surface area contributed by atoms with Gasteiger partial charge in [-0.2, -0.15) is 0 Å². The van der Waals surface area contributed by atoms with Crippen molar-refractivity contribution in [2.24, 2.45) is 0 Å². The Bertz CT molecular complexity index is 1410. The molecular weight excluding hydrogens is 431 g/mol. The Morgan fingerprint density at radius 2 is 1.85 bits per heavy atom. The van der Waals surface area contributed by atoms with Gasteiger partial charge in [0.05, 0.1) is 16.9 Å². The maximum Gasteiger partial charge on any atom is 0.259 e. The molecule has 1 aliphatic heterocycles. The van der Waals surface area contributed by atoms with Crippen molar-refractivity contribution < 1.29 is 13.6 Å². The molecule has 0 aliphatic carbocycles. The van der Waals surface area contributed by atoms with E-state index in [2.05, 4.69) is 49.4 Å². The summed E-state index contributed by atoms with van der Waals surface area (Å²) in [4.78, 5) is 17.4. The number of nitrogens with zero attached hydrogens (tertiary/aromatic N) is 2. The molecule has 0 saturated carbocycles. The maximum absolute atomic E-state index is 14.5. The van der Waals surface area contributed by atoms with Gasteiger partial charge in [-0.1, -0.05) is 6.07 Å². The number of carbonyl (C=O) groups is 1. The minimum Gasteiger partial charge on any atom is -0.461 e. The Hall–Kier alpha value is -3.19. The summed E-state index contributed by atoms with van der Waals surface area (Å²) >= 11 is 0. The number of hydrogen-bond donors (Lipinski definition) is 2. The van der Waals surface area contributed by atoms with Gasteiger partial charge >= 0.3 is 0 Å². The van der Waals surface area contributed by atoms with Crippen molar-refractivity contribution in [3.05, 3.63) is 65.1 Å². The van der Waals surface area contributed by atoms with Crippen molar-refractivity contribution in [3.63, 3.8) is 0 Å². The monoisotopic (exact) mass is 462 g/mol. The molecule has 178 valence electrons. The largest absolute Gasteiger partial charge is 0.461 e. The van der Waals surface area contributed by atoms with E-state index in [1.54, 1.807) is 23.7 Å². The number of hydrogen-bond acceptors (Lipinski definition) is 4. The molecule has 34 heavy (non-hydrogen) atoms. The highest BCUT2D eigenvalue weighted by molar-refractivity contribution is 6.12. The molecule has 0 unspecified atom stereocenters. The van der Waals surface area contributed by atoms with E-state index in [1.165, 1.54) is 11.6 Å². The number of fused-ring (bicyclic) bond motifs is 2. The summed E-state index contributed by atoms with van der Waals surface area (Å²) in [6.45, 7) is 12.6. The lowest BCUT2D eigenvalue weighted by atomic mass is 9.72. The van der Waals surface area contributed by atoms with E-state index in [1.807, 2.05) is 19.1 Å². The molecule has 6 nitrogen and oxygen atoms in total. The molecule has 1 fully saturated rings. The standard InChI is InChI=1S/C27H31FN4O2/c1-15-13-32-14-18(10-22(28)24(32)29-15)30-25(33)20-8-7-19(21-9-16(2)34-23(20)21)17-11-26(3,4)31-27(5,6)12-17/h7-10,13-14,17,31H,11-12H2,1-6H3,(H,30,33). The van der Waals surface area contributed by atoms with Crippen LogP contribution in [-0.2, 0) is 0 Å². The zero-order chi connectivity index (χ0) is 24.4. The molecule has 4 heterocycles. The summed E-state index contributed by atoms with van der Waals surface area (Å²) in [5.41, 5.74) is 3.50. The highest BCUT2D eigenvalue weighted by Gasteiger charge is 2.39. The van der Waals surface area contributed by atoms with Crippen molar-refractivity contribution in [1.29, 1.82) is 0 Å². The van der Waals surface area contributed by atoms with Crippen LogP contribution in [0.1, 0.15) is 73.8 Å². The lowest BCUT2D eigenvalue weighted by Gasteiger charge is -2.47. The predicted octanol–water partition coefficient (Wildman–Crippen LogP) is 6.11. The fraction of sp³-hybridized carbons (Fsp3) is 0.407. The number of rotatable bonds is 3. The molecule has 4 aromatic rings.